The van der Waals surface area contributed by atoms with E-state index in [9.17, 15) is 13.2 Å². The maximum absolute atomic E-state index is 13.1. The number of carbonyl (C=O) groups excluding carboxylic acids is 1. The highest BCUT2D eigenvalue weighted by atomic mass is 32.2. The van der Waals surface area contributed by atoms with Crippen LogP contribution in [0.15, 0.2) is 46.7 Å². The molecule has 0 aliphatic carbocycles. The Kier molecular flexibility index (Phi) is 8.01. The van der Waals surface area contributed by atoms with Gasteiger partial charge in [0.1, 0.15) is 0 Å². The van der Waals surface area contributed by atoms with Crippen LogP contribution in [0.2, 0.25) is 0 Å². The molecule has 1 fully saturated rings. The Hall–Kier alpha value is -1.62. The van der Waals surface area contributed by atoms with Crippen LogP contribution in [0.25, 0.3) is 0 Å². The topological polar surface area (TPSA) is 79.0 Å². The number of benzene rings is 1. The van der Waals surface area contributed by atoms with Crippen molar-refractivity contribution in [2.45, 2.75) is 37.0 Å². The monoisotopic (exact) mass is 465 g/mol. The molecule has 3 atom stereocenters. The van der Waals surface area contributed by atoms with E-state index in [4.69, 9.17) is 4.74 Å². The molecule has 3 unspecified atom stereocenters. The quantitative estimate of drug-likeness (QED) is 0.574. The third-order valence-electron chi connectivity index (χ3n) is 5.30. The van der Waals surface area contributed by atoms with Gasteiger partial charge in [0.05, 0.1) is 29.7 Å². The number of carbonyl (C=O) groups is 1. The van der Waals surface area contributed by atoms with Crippen LogP contribution in [0.4, 0.5) is 0 Å². The van der Waals surface area contributed by atoms with Crippen molar-refractivity contribution in [2.24, 2.45) is 0 Å². The van der Waals surface area contributed by atoms with Crippen molar-refractivity contribution in [3.63, 3.8) is 0 Å². The van der Waals surface area contributed by atoms with Crippen molar-refractivity contribution < 1.29 is 17.9 Å². The Morgan fingerprint density at radius 1 is 1.23 bits per heavy atom. The number of Topliss-reactive ketones (excluding diaryl/α,β-unsaturated/α-hetero) is 1. The van der Waals surface area contributed by atoms with Crippen molar-refractivity contribution in [3.05, 3.63) is 52.2 Å². The maximum Gasteiger partial charge on any atom is 0.243 e. The molecule has 0 radical (unpaired) electrons. The number of likely N-dealkylation sites (N-methyl/N-ethyl adjacent to an activating group) is 1. The molecule has 1 aliphatic rings. The predicted octanol–water partition coefficient (Wildman–Crippen LogP) is 2.62. The van der Waals surface area contributed by atoms with Gasteiger partial charge in [-0.15, -0.1) is 11.3 Å². The second kappa shape index (κ2) is 10.3. The molecule has 0 amide bonds. The van der Waals surface area contributed by atoms with Crippen LogP contribution in [-0.4, -0.2) is 75.9 Å². The van der Waals surface area contributed by atoms with E-state index >= 15 is 0 Å². The summed E-state index contributed by atoms with van der Waals surface area (Å²) in [4.78, 5) is 16.2. The van der Waals surface area contributed by atoms with Gasteiger partial charge >= 0.3 is 0 Å². The number of hydrogen-bond acceptors (Lipinski definition) is 7. The third-order valence-corrected chi connectivity index (χ3v) is 8.10. The lowest BCUT2D eigenvalue weighted by atomic mass is 10.1. The highest BCUT2D eigenvalue weighted by molar-refractivity contribution is 7.89. The number of nitrogens with zero attached hydrogens (tertiary/aromatic N) is 2. The molecular weight excluding hydrogens is 434 g/mol. The maximum atomic E-state index is 13.1. The van der Waals surface area contributed by atoms with Gasteiger partial charge in [-0.25, -0.2) is 8.42 Å². The molecular formula is C22H31N3O4S2. The van der Waals surface area contributed by atoms with Gasteiger partial charge in [-0.1, -0.05) is 18.2 Å². The van der Waals surface area contributed by atoms with Crippen LogP contribution in [0, 0.1) is 0 Å². The van der Waals surface area contributed by atoms with E-state index in [1.807, 2.05) is 39.4 Å². The van der Waals surface area contributed by atoms with E-state index in [-0.39, 0.29) is 35.5 Å². The van der Waals surface area contributed by atoms with Crippen molar-refractivity contribution in [3.8, 4) is 0 Å². The number of morpholine rings is 1. The highest BCUT2D eigenvalue weighted by Crippen LogP contribution is 2.23. The van der Waals surface area contributed by atoms with Gasteiger partial charge < -0.3 is 15.0 Å². The van der Waals surface area contributed by atoms with Gasteiger partial charge in [0.25, 0.3) is 0 Å². The average Bonchev–Trinajstić information content (AvgIpc) is 3.24. The highest BCUT2D eigenvalue weighted by Gasteiger charge is 2.32. The molecule has 170 valence electrons. The third kappa shape index (κ3) is 6.00. The minimum atomic E-state index is -3.68. The Morgan fingerprint density at radius 3 is 2.55 bits per heavy atom. The molecule has 3 rings (SSSR count). The number of sulfonamides is 1. The van der Waals surface area contributed by atoms with E-state index in [0.29, 0.717) is 25.2 Å². The second-order valence-electron chi connectivity index (χ2n) is 8.16. The molecule has 0 spiro atoms. The van der Waals surface area contributed by atoms with Gasteiger partial charge in [0, 0.05) is 30.1 Å². The summed E-state index contributed by atoms with van der Waals surface area (Å²) in [7, 11) is 0.336. The van der Waals surface area contributed by atoms with Crippen LogP contribution < -0.4 is 5.32 Å². The first-order chi connectivity index (χ1) is 14.7. The standard InChI is InChI=1S/C22H31N3O4S2/c1-16-14-25(15-17(2)29-16)31(27,28)19-8-5-7-18(11-19)21(26)13-23-12-20(24(3)4)22-9-6-10-30-22/h5-11,16-17,20,23H,12-15H2,1-4H3. The van der Waals surface area contributed by atoms with Crippen LogP contribution in [0.3, 0.4) is 0 Å². The van der Waals surface area contributed by atoms with Crippen molar-refractivity contribution in [1.29, 1.82) is 0 Å². The molecule has 1 N–H and O–H groups in total. The average molecular weight is 466 g/mol. The molecule has 0 bridgehead atoms. The fourth-order valence-electron chi connectivity index (χ4n) is 3.75. The SMILES string of the molecule is CC1CN(S(=O)(=O)c2cccc(C(=O)CNCC(c3cccs3)N(C)C)c2)CC(C)O1. The van der Waals surface area contributed by atoms with Crippen LogP contribution in [0.5, 0.6) is 0 Å². The largest absolute Gasteiger partial charge is 0.373 e. The van der Waals surface area contributed by atoms with Gasteiger partial charge in [-0.2, -0.15) is 4.31 Å². The van der Waals surface area contributed by atoms with Crippen LogP contribution in [0.1, 0.15) is 35.1 Å². The lowest BCUT2D eigenvalue weighted by molar-refractivity contribution is -0.0440. The zero-order valence-corrected chi connectivity index (χ0v) is 20.1. The van der Waals surface area contributed by atoms with Crippen molar-refractivity contribution in [2.75, 3.05) is 40.3 Å². The van der Waals surface area contributed by atoms with E-state index in [1.165, 1.54) is 15.2 Å². The number of ether oxygens (including phenoxy) is 1. The summed E-state index contributed by atoms with van der Waals surface area (Å²) in [5.41, 5.74) is 0.389. The predicted molar refractivity (Wildman–Crippen MR) is 123 cm³/mol. The van der Waals surface area contributed by atoms with E-state index in [2.05, 4.69) is 16.3 Å². The minimum Gasteiger partial charge on any atom is -0.373 e. The Bertz CT molecular complexity index is 966. The summed E-state index contributed by atoms with van der Waals surface area (Å²) in [6, 6.07) is 10.6. The number of thiophene rings is 1. The zero-order valence-electron chi connectivity index (χ0n) is 18.4. The van der Waals surface area contributed by atoms with E-state index in [0.717, 1.165) is 0 Å². The molecule has 2 aromatic rings. The Labute approximate surface area is 189 Å². The molecule has 31 heavy (non-hydrogen) atoms. The number of nitrogens with one attached hydrogen (secondary N) is 1. The van der Waals surface area contributed by atoms with Crippen LogP contribution >= 0.6 is 11.3 Å². The molecule has 0 saturated carbocycles. The molecule has 7 nitrogen and oxygen atoms in total. The molecule has 1 saturated heterocycles. The smallest absolute Gasteiger partial charge is 0.243 e. The lowest BCUT2D eigenvalue weighted by Crippen LogP contribution is -2.48. The first-order valence-electron chi connectivity index (χ1n) is 10.4. The fraction of sp³-hybridized carbons (Fsp3) is 0.500. The van der Waals surface area contributed by atoms with Crippen molar-refractivity contribution >= 4 is 27.1 Å². The van der Waals surface area contributed by atoms with Gasteiger partial charge in [-0.3, -0.25) is 4.79 Å². The normalized spacial score (nSPS) is 21.3. The number of ketones is 1. The first-order valence-corrected chi connectivity index (χ1v) is 12.7. The minimum absolute atomic E-state index is 0.135. The summed E-state index contributed by atoms with van der Waals surface area (Å²) in [5.74, 6) is -0.135. The second-order valence-corrected chi connectivity index (χ2v) is 11.1. The zero-order chi connectivity index (χ0) is 22.6. The van der Waals surface area contributed by atoms with Gasteiger partial charge in [-0.05, 0) is 51.5 Å². The van der Waals surface area contributed by atoms with E-state index < -0.39 is 10.0 Å². The fourth-order valence-corrected chi connectivity index (χ4v) is 6.31. The summed E-state index contributed by atoms with van der Waals surface area (Å²) in [6.07, 6.45) is -0.332. The van der Waals surface area contributed by atoms with Gasteiger partial charge in [0.2, 0.25) is 10.0 Å². The van der Waals surface area contributed by atoms with E-state index in [1.54, 1.807) is 29.5 Å². The summed E-state index contributed by atoms with van der Waals surface area (Å²) >= 11 is 1.69. The molecule has 1 aromatic heterocycles. The summed E-state index contributed by atoms with van der Waals surface area (Å²) in [6.45, 7) is 5.11. The van der Waals surface area contributed by atoms with Crippen molar-refractivity contribution in [1.82, 2.24) is 14.5 Å². The summed E-state index contributed by atoms with van der Waals surface area (Å²) < 4.78 is 33.3. The first kappa shape index (κ1) is 24.0. The Morgan fingerprint density at radius 2 is 1.94 bits per heavy atom. The molecule has 9 heteroatoms. The van der Waals surface area contributed by atoms with Gasteiger partial charge in [0.15, 0.2) is 5.78 Å². The number of hydrogen-bond donors (Lipinski definition) is 1. The van der Waals surface area contributed by atoms with Crippen LogP contribution in [-0.2, 0) is 14.8 Å². The molecule has 1 aromatic carbocycles. The molecule has 1 aliphatic heterocycles. The lowest BCUT2D eigenvalue weighted by Gasteiger charge is -2.34. The molecule has 2 heterocycles. The Balaban J connectivity index is 1.66. The summed E-state index contributed by atoms with van der Waals surface area (Å²) in [5, 5.41) is 5.27. The number of rotatable bonds is 9.